The molecule has 37 heavy (non-hydrogen) atoms. The number of hydrogen-bond donors (Lipinski definition) is 1. The number of hydrogen-bond acceptors (Lipinski definition) is 5. The molecule has 0 fully saturated rings. The lowest BCUT2D eigenvalue weighted by atomic mass is 10.1. The van der Waals surface area contributed by atoms with Crippen LogP contribution in [-0.4, -0.2) is 18.7 Å². The summed E-state index contributed by atoms with van der Waals surface area (Å²) in [6.45, 7) is 3.36. The second kappa shape index (κ2) is 13.5. The Hall–Kier alpha value is -4.58. The highest BCUT2D eigenvalue weighted by atomic mass is 16.5. The molecule has 4 aromatic carbocycles. The van der Waals surface area contributed by atoms with Gasteiger partial charge in [0.1, 0.15) is 19.0 Å². The van der Waals surface area contributed by atoms with Crippen LogP contribution in [0, 0.1) is 0 Å². The second-order valence-electron chi connectivity index (χ2n) is 8.30. The molecule has 0 saturated carbocycles. The third-order valence-electron chi connectivity index (χ3n) is 5.44. The smallest absolute Gasteiger partial charge is 0.244 e. The van der Waals surface area contributed by atoms with Crippen molar-refractivity contribution < 1.29 is 19.0 Å². The average Bonchev–Trinajstić information content (AvgIpc) is 2.93. The summed E-state index contributed by atoms with van der Waals surface area (Å²) < 4.78 is 17.7. The van der Waals surface area contributed by atoms with Crippen molar-refractivity contribution in [1.82, 2.24) is 5.43 Å². The van der Waals surface area contributed by atoms with Crippen molar-refractivity contribution in [2.75, 3.05) is 6.61 Å². The Morgan fingerprint density at radius 3 is 2.11 bits per heavy atom. The number of rotatable bonds is 12. The maximum Gasteiger partial charge on any atom is 0.244 e. The van der Waals surface area contributed by atoms with Gasteiger partial charge in [0, 0.05) is 0 Å². The highest BCUT2D eigenvalue weighted by Gasteiger charge is 2.08. The Morgan fingerprint density at radius 2 is 1.41 bits per heavy atom. The van der Waals surface area contributed by atoms with E-state index in [1.807, 2.05) is 110 Å². The fourth-order valence-corrected chi connectivity index (χ4v) is 3.58. The van der Waals surface area contributed by atoms with Crippen LogP contribution in [0.1, 0.15) is 29.2 Å². The molecule has 0 radical (unpaired) electrons. The summed E-state index contributed by atoms with van der Waals surface area (Å²) >= 11 is 0. The minimum absolute atomic E-state index is 0.162. The minimum Gasteiger partial charge on any atom is -0.490 e. The Labute approximate surface area is 217 Å². The molecule has 0 aliphatic heterocycles. The summed E-state index contributed by atoms with van der Waals surface area (Å²) in [6.07, 6.45) is 1.89. The van der Waals surface area contributed by atoms with Gasteiger partial charge in [0.25, 0.3) is 0 Å². The van der Waals surface area contributed by atoms with Crippen LogP contribution in [0.4, 0.5) is 0 Å². The molecule has 188 valence electrons. The third-order valence-corrected chi connectivity index (χ3v) is 5.44. The van der Waals surface area contributed by atoms with E-state index in [1.165, 1.54) is 0 Å². The first-order valence-corrected chi connectivity index (χ1v) is 12.2. The fourth-order valence-electron chi connectivity index (χ4n) is 3.58. The highest BCUT2D eigenvalue weighted by molar-refractivity contribution is 5.83. The van der Waals surface area contributed by atoms with Crippen LogP contribution in [0.3, 0.4) is 0 Å². The van der Waals surface area contributed by atoms with Crippen LogP contribution in [0.2, 0.25) is 0 Å². The molecular formula is C31H30N2O4. The standard InChI is InChI=1S/C31H30N2O4/c1-2-35-30-19-27(15-18-29(30)37-22-26-11-7-4-8-12-26)23-36-28-16-13-25(14-17-28)21-32-33-31(34)20-24-9-5-3-6-10-24/h3-19,21H,2,20,22-23H2,1H3,(H,33,34)/b32-21+. The number of carbonyl (C=O) groups is 1. The van der Waals surface area contributed by atoms with Crippen molar-refractivity contribution in [3.8, 4) is 17.2 Å². The van der Waals surface area contributed by atoms with E-state index in [0.717, 1.165) is 28.0 Å². The van der Waals surface area contributed by atoms with Gasteiger partial charge in [-0.25, -0.2) is 5.43 Å². The van der Waals surface area contributed by atoms with Crippen LogP contribution in [-0.2, 0) is 24.4 Å². The molecule has 0 atom stereocenters. The van der Waals surface area contributed by atoms with Crippen LogP contribution in [0.25, 0.3) is 0 Å². The Morgan fingerprint density at radius 1 is 0.730 bits per heavy atom. The number of hydrazone groups is 1. The first-order chi connectivity index (χ1) is 18.2. The van der Waals surface area contributed by atoms with E-state index < -0.39 is 0 Å². The molecule has 4 rings (SSSR count). The zero-order chi connectivity index (χ0) is 25.7. The number of ether oxygens (including phenoxy) is 3. The minimum atomic E-state index is -0.162. The molecule has 1 amide bonds. The van der Waals surface area contributed by atoms with Gasteiger partial charge in [0.2, 0.25) is 5.91 Å². The predicted octanol–water partition coefficient (Wildman–Crippen LogP) is 5.94. The van der Waals surface area contributed by atoms with Gasteiger partial charge in [-0.05, 0) is 65.6 Å². The summed E-state index contributed by atoms with van der Waals surface area (Å²) in [7, 11) is 0. The lowest BCUT2D eigenvalue weighted by molar-refractivity contribution is -0.120. The van der Waals surface area contributed by atoms with Gasteiger partial charge in [0.15, 0.2) is 11.5 Å². The summed E-state index contributed by atoms with van der Waals surface area (Å²) in [5.41, 5.74) is 6.42. The molecule has 0 aromatic heterocycles. The van der Waals surface area contributed by atoms with Gasteiger partial charge in [-0.2, -0.15) is 5.10 Å². The first-order valence-electron chi connectivity index (χ1n) is 12.2. The first kappa shape index (κ1) is 25.5. The highest BCUT2D eigenvalue weighted by Crippen LogP contribution is 2.30. The van der Waals surface area contributed by atoms with Crippen molar-refractivity contribution in [1.29, 1.82) is 0 Å². The quantitative estimate of drug-likeness (QED) is 0.196. The van der Waals surface area contributed by atoms with Crippen molar-refractivity contribution in [2.45, 2.75) is 26.6 Å². The van der Waals surface area contributed by atoms with E-state index in [1.54, 1.807) is 6.21 Å². The monoisotopic (exact) mass is 494 g/mol. The molecule has 4 aromatic rings. The number of amides is 1. The SMILES string of the molecule is CCOc1cc(COc2ccc(/C=N/NC(=O)Cc3ccccc3)cc2)ccc1OCc1ccccc1. The number of nitrogens with zero attached hydrogens (tertiary/aromatic N) is 1. The molecule has 6 heteroatoms. The molecule has 0 unspecified atom stereocenters. The van der Waals surface area contributed by atoms with Gasteiger partial charge in [-0.3, -0.25) is 4.79 Å². The molecule has 0 spiro atoms. The van der Waals surface area contributed by atoms with E-state index in [-0.39, 0.29) is 12.3 Å². The number of carbonyl (C=O) groups excluding carboxylic acids is 1. The fraction of sp³-hybridized carbons (Fsp3) is 0.161. The summed E-state index contributed by atoms with van der Waals surface area (Å²) in [6, 6.07) is 32.9. The maximum absolute atomic E-state index is 12.0. The van der Waals surface area contributed by atoms with Crippen LogP contribution < -0.4 is 19.6 Å². The van der Waals surface area contributed by atoms with E-state index in [9.17, 15) is 4.79 Å². The van der Waals surface area contributed by atoms with Crippen LogP contribution in [0.5, 0.6) is 17.2 Å². The van der Waals surface area contributed by atoms with E-state index >= 15 is 0 Å². The maximum atomic E-state index is 12.0. The molecule has 6 nitrogen and oxygen atoms in total. The molecule has 0 saturated heterocycles. The largest absolute Gasteiger partial charge is 0.490 e. The van der Waals surface area contributed by atoms with Gasteiger partial charge in [-0.1, -0.05) is 66.7 Å². The van der Waals surface area contributed by atoms with Gasteiger partial charge in [0.05, 0.1) is 19.2 Å². The van der Waals surface area contributed by atoms with Crippen molar-refractivity contribution in [3.05, 3.63) is 125 Å². The lowest BCUT2D eigenvalue weighted by Gasteiger charge is -2.14. The Kier molecular flexibility index (Phi) is 9.30. The van der Waals surface area contributed by atoms with Gasteiger partial charge < -0.3 is 14.2 Å². The Balaban J connectivity index is 1.27. The molecular weight excluding hydrogens is 464 g/mol. The lowest BCUT2D eigenvalue weighted by Crippen LogP contribution is -2.19. The van der Waals surface area contributed by atoms with Gasteiger partial charge >= 0.3 is 0 Å². The summed E-state index contributed by atoms with van der Waals surface area (Å²) in [5, 5.41) is 4.04. The van der Waals surface area contributed by atoms with E-state index in [4.69, 9.17) is 14.2 Å². The Bertz CT molecular complexity index is 1290. The zero-order valence-electron chi connectivity index (χ0n) is 20.8. The predicted molar refractivity (Wildman–Crippen MR) is 145 cm³/mol. The van der Waals surface area contributed by atoms with Crippen molar-refractivity contribution in [2.24, 2.45) is 5.10 Å². The average molecular weight is 495 g/mol. The van der Waals surface area contributed by atoms with Crippen LogP contribution in [0.15, 0.2) is 108 Å². The normalized spacial score (nSPS) is 10.7. The number of benzene rings is 4. The number of nitrogens with one attached hydrogen (secondary N) is 1. The molecule has 1 N–H and O–H groups in total. The molecule has 0 aliphatic carbocycles. The molecule has 0 aliphatic rings. The molecule has 0 heterocycles. The van der Waals surface area contributed by atoms with Crippen molar-refractivity contribution in [3.63, 3.8) is 0 Å². The van der Waals surface area contributed by atoms with Gasteiger partial charge in [-0.15, -0.1) is 0 Å². The van der Waals surface area contributed by atoms with E-state index in [2.05, 4.69) is 10.5 Å². The van der Waals surface area contributed by atoms with Crippen molar-refractivity contribution >= 4 is 12.1 Å². The topological polar surface area (TPSA) is 69.2 Å². The third kappa shape index (κ3) is 8.25. The van der Waals surface area contributed by atoms with Crippen LogP contribution >= 0.6 is 0 Å². The summed E-state index contributed by atoms with van der Waals surface area (Å²) in [5.74, 6) is 1.97. The zero-order valence-corrected chi connectivity index (χ0v) is 20.8. The summed E-state index contributed by atoms with van der Waals surface area (Å²) in [4.78, 5) is 12.0. The molecule has 0 bridgehead atoms. The second-order valence-corrected chi connectivity index (χ2v) is 8.30. The van der Waals surface area contributed by atoms with E-state index in [0.29, 0.717) is 31.3 Å².